The van der Waals surface area contributed by atoms with Gasteiger partial charge in [0.1, 0.15) is 6.54 Å². The van der Waals surface area contributed by atoms with Crippen LogP contribution in [0, 0.1) is 0 Å². The molecular weight excluding hydrogens is 300 g/mol. The van der Waals surface area contributed by atoms with E-state index in [0.717, 1.165) is 6.26 Å². The number of carbonyl (C=O) groups excluding carboxylic acids is 2. The Labute approximate surface area is 121 Å². The van der Waals surface area contributed by atoms with Gasteiger partial charge < -0.3 is 10.2 Å². The predicted octanol–water partition coefficient (Wildman–Crippen LogP) is 0.561. The van der Waals surface area contributed by atoms with Crippen molar-refractivity contribution in [2.75, 3.05) is 29.7 Å². The van der Waals surface area contributed by atoms with E-state index in [0.29, 0.717) is 11.6 Å². The second kappa shape index (κ2) is 5.84. The first-order valence-electron chi connectivity index (χ1n) is 5.82. The second-order valence-corrected chi connectivity index (χ2v) is 7.33. The molecule has 2 rings (SSSR count). The minimum absolute atomic E-state index is 0.0653. The molecule has 0 bridgehead atoms. The van der Waals surface area contributed by atoms with Crippen LogP contribution in [0.3, 0.4) is 0 Å². The third-order valence-corrected chi connectivity index (χ3v) is 4.82. The Balaban J connectivity index is 2.10. The van der Waals surface area contributed by atoms with Gasteiger partial charge in [0.25, 0.3) is 0 Å². The molecule has 1 aliphatic heterocycles. The summed E-state index contributed by atoms with van der Waals surface area (Å²) in [5.41, 5.74) is 0.235. The van der Waals surface area contributed by atoms with Crippen LogP contribution in [0.15, 0.2) is 29.2 Å². The number of carbonyl (C=O) groups is 2. The highest BCUT2D eigenvalue weighted by Crippen LogP contribution is 2.21. The number of para-hydroxylation sites is 1. The molecule has 1 saturated heterocycles. The lowest BCUT2D eigenvalue weighted by Gasteiger charge is -2.15. The van der Waals surface area contributed by atoms with Gasteiger partial charge in [-0.1, -0.05) is 12.1 Å². The van der Waals surface area contributed by atoms with Gasteiger partial charge in [-0.2, -0.15) is 0 Å². The van der Waals surface area contributed by atoms with Crippen LogP contribution in [0.25, 0.3) is 0 Å². The molecule has 1 N–H and O–H groups in total. The van der Waals surface area contributed by atoms with Gasteiger partial charge in [0.15, 0.2) is 9.84 Å². The molecule has 0 aromatic heterocycles. The summed E-state index contributed by atoms with van der Waals surface area (Å²) in [4.78, 5) is 24.8. The Bertz CT molecular complexity index is 643. The van der Waals surface area contributed by atoms with Crippen LogP contribution < -0.4 is 5.32 Å². The van der Waals surface area contributed by atoms with Crippen LogP contribution in [0.2, 0.25) is 0 Å². The molecule has 1 fully saturated rings. The molecule has 0 spiro atoms. The molecule has 108 valence electrons. The predicted molar refractivity (Wildman–Crippen MR) is 77.2 cm³/mol. The molecule has 1 aliphatic rings. The Hall–Kier alpha value is -1.54. The van der Waals surface area contributed by atoms with Gasteiger partial charge in [-0.3, -0.25) is 9.59 Å². The summed E-state index contributed by atoms with van der Waals surface area (Å²) in [6, 6.07) is 6.18. The Morgan fingerprint density at radius 1 is 1.40 bits per heavy atom. The first kappa shape index (κ1) is 14.9. The first-order chi connectivity index (χ1) is 9.38. The standard InChI is InChI=1S/C12H14N2O4S2/c1-20(17,18)10-5-3-2-4-9(10)13-11(15)6-14-8-19-7-12(14)16/h2-5H,6-8H2,1H3,(H,13,15). The molecule has 20 heavy (non-hydrogen) atoms. The molecule has 0 aliphatic carbocycles. The van der Waals surface area contributed by atoms with Crippen LogP contribution in [-0.2, 0) is 19.4 Å². The van der Waals surface area contributed by atoms with Crippen molar-refractivity contribution in [1.29, 1.82) is 0 Å². The average molecular weight is 314 g/mol. The molecule has 0 saturated carbocycles. The second-order valence-electron chi connectivity index (χ2n) is 4.39. The third kappa shape index (κ3) is 3.51. The molecule has 8 heteroatoms. The van der Waals surface area contributed by atoms with E-state index in [4.69, 9.17) is 0 Å². The maximum Gasteiger partial charge on any atom is 0.244 e. The molecule has 2 amide bonds. The van der Waals surface area contributed by atoms with Gasteiger partial charge in [-0.15, -0.1) is 11.8 Å². The number of nitrogens with zero attached hydrogens (tertiary/aromatic N) is 1. The Morgan fingerprint density at radius 2 is 2.10 bits per heavy atom. The fourth-order valence-electron chi connectivity index (χ4n) is 1.80. The highest BCUT2D eigenvalue weighted by molar-refractivity contribution is 8.00. The van der Waals surface area contributed by atoms with E-state index >= 15 is 0 Å². The lowest BCUT2D eigenvalue weighted by molar-refractivity contribution is -0.130. The van der Waals surface area contributed by atoms with Crippen molar-refractivity contribution in [2.24, 2.45) is 0 Å². The summed E-state index contributed by atoms with van der Waals surface area (Å²) in [5.74, 6) is 0.381. The normalized spacial score (nSPS) is 15.4. The third-order valence-electron chi connectivity index (χ3n) is 2.72. The fourth-order valence-corrected chi connectivity index (χ4v) is 3.55. The van der Waals surface area contributed by atoms with Crippen molar-refractivity contribution in [3.8, 4) is 0 Å². The molecule has 0 atom stereocenters. The number of amides is 2. The van der Waals surface area contributed by atoms with Crippen molar-refractivity contribution in [3.05, 3.63) is 24.3 Å². The molecule has 6 nitrogen and oxygen atoms in total. The summed E-state index contributed by atoms with van der Waals surface area (Å²) < 4.78 is 23.2. The van der Waals surface area contributed by atoms with Crippen molar-refractivity contribution < 1.29 is 18.0 Å². The quantitative estimate of drug-likeness (QED) is 0.878. The van der Waals surface area contributed by atoms with E-state index < -0.39 is 15.7 Å². The van der Waals surface area contributed by atoms with E-state index in [2.05, 4.69) is 5.32 Å². The Kier molecular flexibility index (Phi) is 4.34. The van der Waals surface area contributed by atoms with Gasteiger partial charge in [0, 0.05) is 6.26 Å². The summed E-state index contributed by atoms with van der Waals surface area (Å²) >= 11 is 1.45. The van der Waals surface area contributed by atoms with E-state index in [1.165, 1.54) is 28.8 Å². The average Bonchev–Trinajstić information content (AvgIpc) is 2.74. The largest absolute Gasteiger partial charge is 0.323 e. The van der Waals surface area contributed by atoms with E-state index in [-0.39, 0.29) is 23.0 Å². The van der Waals surface area contributed by atoms with Crippen molar-refractivity contribution in [3.63, 3.8) is 0 Å². The minimum Gasteiger partial charge on any atom is -0.323 e. The molecule has 1 heterocycles. The minimum atomic E-state index is -3.42. The molecule has 1 aromatic carbocycles. The first-order valence-corrected chi connectivity index (χ1v) is 8.87. The smallest absolute Gasteiger partial charge is 0.244 e. The van der Waals surface area contributed by atoms with Crippen molar-refractivity contribution in [2.45, 2.75) is 4.90 Å². The number of anilines is 1. The molecule has 0 radical (unpaired) electrons. The Morgan fingerprint density at radius 3 is 2.70 bits per heavy atom. The van der Waals surface area contributed by atoms with Crippen LogP contribution in [0.4, 0.5) is 5.69 Å². The van der Waals surface area contributed by atoms with E-state index in [1.807, 2.05) is 0 Å². The lowest BCUT2D eigenvalue weighted by Crippen LogP contribution is -2.34. The highest BCUT2D eigenvalue weighted by atomic mass is 32.2. The number of hydrogen-bond acceptors (Lipinski definition) is 5. The van der Waals surface area contributed by atoms with E-state index in [9.17, 15) is 18.0 Å². The lowest BCUT2D eigenvalue weighted by atomic mass is 10.3. The summed E-state index contributed by atoms with van der Waals surface area (Å²) in [5, 5.41) is 2.54. The van der Waals surface area contributed by atoms with E-state index in [1.54, 1.807) is 12.1 Å². The topological polar surface area (TPSA) is 83.6 Å². The summed E-state index contributed by atoms with van der Waals surface area (Å²) in [7, 11) is -3.42. The SMILES string of the molecule is CS(=O)(=O)c1ccccc1NC(=O)CN1CSCC1=O. The zero-order valence-corrected chi connectivity index (χ0v) is 12.5. The van der Waals surface area contributed by atoms with Gasteiger partial charge in [0.05, 0.1) is 22.2 Å². The number of hydrogen-bond donors (Lipinski definition) is 1. The molecular formula is C12H14N2O4S2. The summed E-state index contributed by atoms with van der Waals surface area (Å²) in [6.07, 6.45) is 1.08. The number of thioether (sulfide) groups is 1. The van der Waals surface area contributed by atoms with Gasteiger partial charge in [0.2, 0.25) is 11.8 Å². The number of nitrogens with one attached hydrogen (secondary N) is 1. The van der Waals surface area contributed by atoms with Gasteiger partial charge in [-0.25, -0.2) is 8.42 Å². The monoisotopic (exact) mass is 314 g/mol. The van der Waals surface area contributed by atoms with Crippen LogP contribution >= 0.6 is 11.8 Å². The maximum atomic E-state index is 11.9. The van der Waals surface area contributed by atoms with Crippen molar-refractivity contribution in [1.82, 2.24) is 4.90 Å². The fraction of sp³-hybridized carbons (Fsp3) is 0.333. The molecule has 1 aromatic rings. The number of sulfone groups is 1. The maximum absolute atomic E-state index is 11.9. The highest BCUT2D eigenvalue weighted by Gasteiger charge is 2.23. The zero-order valence-electron chi connectivity index (χ0n) is 10.8. The van der Waals surface area contributed by atoms with Gasteiger partial charge in [-0.05, 0) is 12.1 Å². The zero-order chi connectivity index (χ0) is 14.8. The van der Waals surface area contributed by atoms with Crippen LogP contribution in [0.1, 0.15) is 0 Å². The van der Waals surface area contributed by atoms with Crippen LogP contribution in [-0.4, -0.2) is 49.6 Å². The number of benzene rings is 1. The van der Waals surface area contributed by atoms with Crippen LogP contribution in [0.5, 0.6) is 0 Å². The van der Waals surface area contributed by atoms with Gasteiger partial charge >= 0.3 is 0 Å². The van der Waals surface area contributed by atoms with Crippen molar-refractivity contribution >= 4 is 39.1 Å². The molecule has 0 unspecified atom stereocenters. The number of rotatable bonds is 4. The summed E-state index contributed by atoms with van der Waals surface area (Å²) in [6.45, 7) is -0.0655.